The standard InChI is InChI=1S/C31H36O4/c1-3-5-21-31(32,25-33-22-26-15-9-6-10-16-26)30(35-24-28-19-13-8-14-20-28)29(4-2)34-23-27-17-11-7-12-18-27/h3-4,6-20,29-30,32H,1-2,5,21-25H2/t29-,30+,31+/m1/s1. The van der Waals surface area contributed by atoms with Crippen molar-refractivity contribution in [1.29, 1.82) is 0 Å². The van der Waals surface area contributed by atoms with Gasteiger partial charge in [0.1, 0.15) is 17.8 Å². The minimum Gasteiger partial charge on any atom is -0.385 e. The predicted molar refractivity (Wildman–Crippen MR) is 141 cm³/mol. The molecule has 0 bridgehead atoms. The van der Waals surface area contributed by atoms with Crippen molar-refractivity contribution in [3.05, 3.63) is 133 Å². The highest BCUT2D eigenvalue weighted by molar-refractivity contribution is 5.16. The molecule has 0 aliphatic carbocycles. The Labute approximate surface area is 209 Å². The van der Waals surface area contributed by atoms with E-state index in [0.717, 1.165) is 16.7 Å². The Morgan fingerprint density at radius 3 is 1.69 bits per heavy atom. The van der Waals surface area contributed by atoms with Gasteiger partial charge < -0.3 is 19.3 Å². The van der Waals surface area contributed by atoms with Gasteiger partial charge in [0.15, 0.2) is 0 Å². The molecule has 184 valence electrons. The van der Waals surface area contributed by atoms with Crippen LogP contribution >= 0.6 is 0 Å². The Hall–Kier alpha value is -3.02. The van der Waals surface area contributed by atoms with Gasteiger partial charge in [-0.2, -0.15) is 0 Å². The smallest absolute Gasteiger partial charge is 0.119 e. The van der Waals surface area contributed by atoms with Gasteiger partial charge in [-0.1, -0.05) is 103 Å². The fraction of sp³-hybridized carbons (Fsp3) is 0.290. The summed E-state index contributed by atoms with van der Waals surface area (Å²) in [6, 6.07) is 29.8. The second-order valence-electron chi connectivity index (χ2n) is 8.62. The number of ether oxygens (including phenoxy) is 3. The van der Waals surface area contributed by atoms with E-state index in [2.05, 4.69) is 13.2 Å². The van der Waals surface area contributed by atoms with Crippen molar-refractivity contribution in [2.24, 2.45) is 0 Å². The fourth-order valence-corrected chi connectivity index (χ4v) is 3.93. The highest BCUT2D eigenvalue weighted by Crippen LogP contribution is 2.28. The molecule has 0 saturated carbocycles. The summed E-state index contributed by atoms with van der Waals surface area (Å²) in [6.45, 7) is 9.03. The van der Waals surface area contributed by atoms with E-state index in [0.29, 0.717) is 32.7 Å². The van der Waals surface area contributed by atoms with Crippen molar-refractivity contribution in [3.8, 4) is 0 Å². The van der Waals surface area contributed by atoms with E-state index in [-0.39, 0.29) is 6.61 Å². The van der Waals surface area contributed by atoms with Gasteiger partial charge in [0.25, 0.3) is 0 Å². The summed E-state index contributed by atoms with van der Waals surface area (Å²) >= 11 is 0. The van der Waals surface area contributed by atoms with Crippen LogP contribution in [0.2, 0.25) is 0 Å². The molecule has 35 heavy (non-hydrogen) atoms. The van der Waals surface area contributed by atoms with Gasteiger partial charge in [0.05, 0.1) is 26.4 Å². The molecule has 0 heterocycles. The quantitative estimate of drug-likeness (QED) is 0.250. The maximum Gasteiger partial charge on any atom is 0.119 e. The molecule has 0 aliphatic heterocycles. The van der Waals surface area contributed by atoms with Crippen molar-refractivity contribution in [2.45, 2.75) is 50.5 Å². The average molecular weight is 473 g/mol. The second kappa shape index (κ2) is 14.4. The molecule has 0 unspecified atom stereocenters. The highest BCUT2D eigenvalue weighted by Gasteiger charge is 2.42. The van der Waals surface area contributed by atoms with Crippen LogP contribution in [0.1, 0.15) is 29.5 Å². The molecular weight excluding hydrogens is 436 g/mol. The van der Waals surface area contributed by atoms with E-state index in [9.17, 15) is 5.11 Å². The number of rotatable bonds is 16. The summed E-state index contributed by atoms with van der Waals surface area (Å²) < 4.78 is 18.6. The molecule has 4 nitrogen and oxygen atoms in total. The molecule has 0 aliphatic rings. The molecule has 1 N–H and O–H groups in total. The molecule has 0 spiro atoms. The zero-order valence-corrected chi connectivity index (χ0v) is 20.3. The van der Waals surface area contributed by atoms with Gasteiger partial charge in [-0.05, 0) is 29.5 Å². The van der Waals surface area contributed by atoms with Crippen molar-refractivity contribution in [1.82, 2.24) is 0 Å². The molecule has 3 aromatic carbocycles. The van der Waals surface area contributed by atoms with Gasteiger partial charge in [-0.15, -0.1) is 13.2 Å². The molecule has 3 rings (SSSR count). The molecule has 0 amide bonds. The average Bonchev–Trinajstić information content (AvgIpc) is 2.91. The minimum atomic E-state index is -1.31. The summed E-state index contributed by atoms with van der Waals surface area (Å²) in [5.74, 6) is 0. The zero-order chi connectivity index (χ0) is 24.8. The van der Waals surface area contributed by atoms with Crippen LogP contribution < -0.4 is 0 Å². The predicted octanol–water partition coefficient (Wildman–Crippen LogP) is 6.26. The highest BCUT2D eigenvalue weighted by atomic mass is 16.6. The third-order valence-electron chi connectivity index (χ3n) is 5.86. The normalized spacial score (nSPS) is 14.5. The van der Waals surface area contributed by atoms with Gasteiger partial charge in [0.2, 0.25) is 0 Å². The number of hydrogen-bond donors (Lipinski definition) is 1. The second-order valence-corrected chi connectivity index (χ2v) is 8.62. The molecule has 0 aromatic heterocycles. The van der Waals surface area contributed by atoms with Gasteiger partial charge in [0, 0.05) is 0 Å². The molecule has 0 radical (unpaired) electrons. The molecule has 4 heteroatoms. The third-order valence-corrected chi connectivity index (χ3v) is 5.86. The minimum absolute atomic E-state index is 0.0915. The lowest BCUT2D eigenvalue weighted by Gasteiger charge is -2.39. The van der Waals surface area contributed by atoms with Crippen LogP contribution in [0.4, 0.5) is 0 Å². The van der Waals surface area contributed by atoms with Gasteiger partial charge >= 0.3 is 0 Å². The maximum atomic E-state index is 11.9. The van der Waals surface area contributed by atoms with Crippen LogP contribution in [0.5, 0.6) is 0 Å². The van der Waals surface area contributed by atoms with Crippen molar-refractivity contribution >= 4 is 0 Å². The molecular formula is C31H36O4. The van der Waals surface area contributed by atoms with Crippen molar-refractivity contribution in [3.63, 3.8) is 0 Å². The van der Waals surface area contributed by atoms with E-state index in [1.165, 1.54) is 0 Å². The van der Waals surface area contributed by atoms with Crippen molar-refractivity contribution in [2.75, 3.05) is 6.61 Å². The lowest BCUT2D eigenvalue weighted by atomic mass is 9.88. The molecule has 0 saturated heterocycles. The summed E-state index contributed by atoms with van der Waals surface area (Å²) in [4.78, 5) is 0. The monoisotopic (exact) mass is 472 g/mol. The summed E-state index contributed by atoms with van der Waals surface area (Å²) in [5, 5.41) is 11.9. The SMILES string of the molecule is C=CCC[C@](O)(COCc1ccccc1)[C@@H](OCc1ccccc1)[C@@H](C=C)OCc1ccccc1. The first kappa shape index (κ1) is 26.6. The van der Waals surface area contributed by atoms with Crippen LogP contribution in [-0.2, 0) is 34.0 Å². The molecule has 0 fully saturated rings. The first-order valence-electron chi connectivity index (χ1n) is 12.0. The van der Waals surface area contributed by atoms with Crippen LogP contribution in [0.25, 0.3) is 0 Å². The fourth-order valence-electron chi connectivity index (χ4n) is 3.93. The Balaban J connectivity index is 1.79. The van der Waals surface area contributed by atoms with Gasteiger partial charge in [-0.3, -0.25) is 0 Å². The lowest BCUT2D eigenvalue weighted by molar-refractivity contribution is -0.189. The van der Waals surface area contributed by atoms with E-state index < -0.39 is 17.8 Å². The Morgan fingerprint density at radius 2 is 1.20 bits per heavy atom. The third kappa shape index (κ3) is 8.61. The number of hydrogen-bond acceptors (Lipinski definition) is 4. The maximum absolute atomic E-state index is 11.9. The summed E-state index contributed by atoms with van der Waals surface area (Å²) in [5.41, 5.74) is 1.78. The topological polar surface area (TPSA) is 47.9 Å². The lowest BCUT2D eigenvalue weighted by Crippen LogP contribution is -2.53. The Bertz CT molecular complexity index is 990. The number of aliphatic hydroxyl groups is 1. The zero-order valence-electron chi connectivity index (χ0n) is 20.3. The van der Waals surface area contributed by atoms with E-state index in [1.807, 2.05) is 91.0 Å². The van der Waals surface area contributed by atoms with Crippen molar-refractivity contribution < 1.29 is 19.3 Å². The number of benzene rings is 3. The Morgan fingerprint density at radius 1 is 0.714 bits per heavy atom. The first-order valence-corrected chi connectivity index (χ1v) is 12.0. The summed E-state index contributed by atoms with van der Waals surface area (Å²) in [7, 11) is 0. The van der Waals surface area contributed by atoms with E-state index >= 15 is 0 Å². The molecule has 3 aromatic rings. The van der Waals surface area contributed by atoms with Crippen LogP contribution in [0.15, 0.2) is 116 Å². The first-order chi connectivity index (χ1) is 17.1. The Kier molecular flexibility index (Phi) is 10.9. The van der Waals surface area contributed by atoms with E-state index in [4.69, 9.17) is 14.2 Å². The van der Waals surface area contributed by atoms with Crippen LogP contribution in [-0.4, -0.2) is 29.5 Å². The summed E-state index contributed by atoms with van der Waals surface area (Å²) in [6.07, 6.45) is 3.29. The van der Waals surface area contributed by atoms with Crippen LogP contribution in [0.3, 0.4) is 0 Å². The molecule has 3 atom stereocenters. The largest absolute Gasteiger partial charge is 0.385 e. The van der Waals surface area contributed by atoms with E-state index in [1.54, 1.807) is 12.2 Å². The van der Waals surface area contributed by atoms with Gasteiger partial charge in [-0.25, -0.2) is 0 Å². The number of allylic oxidation sites excluding steroid dienone is 1. The van der Waals surface area contributed by atoms with Crippen LogP contribution in [0, 0.1) is 0 Å².